The van der Waals surface area contributed by atoms with Gasteiger partial charge in [0, 0.05) is 10.8 Å². The summed E-state index contributed by atoms with van der Waals surface area (Å²) >= 11 is 0. The van der Waals surface area contributed by atoms with Crippen molar-refractivity contribution < 1.29 is 9.47 Å². The van der Waals surface area contributed by atoms with Crippen molar-refractivity contribution in [2.45, 2.75) is 12.1 Å². The maximum Gasteiger partial charge on any atom is 0.219 e. The van der Waals surface area contributed by atoms with E-state index in [0.717, 1.165) is 44.1 Å². The molecule has 0 saturated heterocycles. The SMILES string of the molecule is c1ccc(C2COC(c3cccc4c3[nH]c3c(C5=NC(c6ccccc6)CO5)cccc34)=N2)cc1. The van der Waals surface area contributed by atoms with Crippen molar-refractivity contribution in [1.29, 1.82) is 0 Å². The molecule has 1 N–H and O–H groups in total. The quantitative estimate of drug-likeness (QED) is 0.341. The second kappa shape index (κ2) is 8.13. The van der Waals surface area contributed by atoms with Crippen molar-refractivity contribution in [2.24, 2.45) is 9.98 Å². The van der Waals surface area contributed by atoms with Gasteiger partial charge in [-0.15, -0.1) is 0 Å². The molecule has 0 spiro atoms. The van der Waals surface area contributed by atoms with Crippen LogP contribution in [0.3, 0.4) is 0 Å². The average molecular weight is 458 g/mol. The highest BCUT2D eigenvalue weighted by molar-refractivity contribution is 6.19. The molecule has 0 amide bonds. The highest BCUT2D eigenvalue weighted by atomic mass is 16.5. The number of hydrogen-bond donors (Lipinski definition) is 1. The third kappa shape index (κ3) is 3.39. The first kappa shape index (κ1) is 20.0. The van der Waals surface area contributed by atoms with Crippen LogP contribution in [-0.2, 0) is 9.47 Å². The minimum absolute atomic E-state index is 0.0116. The molecule has 2 aliphatic rings. The van der Waals surface area contributed by atoms with E-state index in [4.69, 9.17) is 19.5 Å². The second-order valence-corrected chi connectivity index (χ2v) is 8.92. The van der Waals surface area contributed by atoms with E-state index >= 15 is 0 Å². The van der Waals surface area contributed by atoms with Crippen molar-refractivity contribution in [1.82, 2.24) is 4.98 Å². The van der Waals surface area contributed by atoms with E-state index in [1.54, 1.807) is 0 Å². The Kier molecular flexibility index (Phi) is 4.65. The molecular formula is C30H23N3O2. The summed E-state index contributed by atoms with van der Waals surface area (Å²) in [7, 11) is 0. The number of aromatic nitrogens is 1. The van der Waals surface area contributed by atoms with Gasteiger partial charge in [0.2, 0.25) is 11.8 Å². The van der Waals surface area contributed by atoms with Crippen LogP contribution in [0.15, 0.2) is 107 Å². The Morgan fingerprint density at radius 1 is 0.543 bits per heavy atom. The van der Waals surface area contributed by atoms with Crippen molar-refractivity contribution >= 4 is 33.6 Å². The molecule has 2 unspecified atom stereocenters. The molecule has 1 aromatic heterocycles. The van der Waals surface area contributed by atoms with E-state index in [1.807, 2.05) is 36.4 Å². The number of rotatable bonds is 4. The van der Waals surface area contributed by atoms with Crippen LogP contribution in [0.4, 0.5) is 0 Å². The van der Waals surface area contributed by atoms with E-state index < -0.39 is 0 Å². The first-order valence-electron chi connectivity index (χ1n) is 11.9. The molecule has 35 heavy (non-hydrogen) atoms. The third-order valence-corrected chi connectivity index (χ3v) is 6.80. The predicted molar refractivity (Wildman–Crippen MR) is 139 cm³/mol. The smallest absolute Gasteiger partial charge is 0.219 e. The number of nitrogens with one attached hydrogen (secondary N) is 1. The van der Waals surface area contributed by atoms with Crippen LogP contribution >= 0.6 is 0 Å². The molecule has 5 heteroatoms. The fraction of sp³-hybridized carbons (Fsp3) is 0.133. The summed E-state index contributed by atoms with van der Waals surface area (Å²) in [6, 6.07) is 33.2. The number of fused-ring (bicyclic) bond motifs is 3. The number of para-hydroxylation sites is 2. The highest BCUT2D eigenvalue weighted by Gasteiger charge is 2.26. The van der Waals surface area contributed by atoms with Crippen molar-refractivity contribution in [3.05, 3.63) is 119 Å². The van der Waals surface area contributed by atoms with Gasteiger partial charge in [0.1, 0.15) is 25.3 Å². The standard InChI is InChI=1S/C30H23N3O2/c1-3-9-19(10-4-1)25-17-34-29(31-25)23-15-7-13-21-22-14-8-16-24(28(22)33-27(21)23)30-32-26(18-35-30)20-11-5-2-6-12-20/h1-16,25-26,33H,17-18H2. The molecule has 7 rings (SSSR count). The second-order valence-electron chi connectivity index (χ2n) is 8.92. The van der Waals surface area contributed by atoms with Crippen LogP contribution in [0, 0.1) is 0 Å². The number of nitrogens with zero attached hydrogens (tertiary/aromatic N) is 2. The number of aromatic amines is 1. The lowest BCUT2D eigenvalue weighted by Gasteiger charge is -2.03. The number of hydrogen-bond acceptors (Lipinski definition) is 4. The zero-order chi connectivity index (χ0) is 23.2. The monoisotopic (exact) mass is 457 g/mol. The van der Waals surface area contributed by atoms with Crippen LogP contribution in [0.2, 0.25) is 0 Å². The van der Waals surface area contributed by atoms with Gasteiger partial charge in [-0.3, -0.25) is 0 Å². The number of ether oxygens (including phenoxy) is 2. The topological polar surface area (TPSA) is 59.0 Å². The van der Waals surface area contributed by atoms with E-state index in [-0.39, 0.29) is 12.1 Å². The summed E-state index contributed by atoms with van der Waals surface area (Å²) in [6.07, 6.45) is 0. The lowest BCUT2D eigenvalue weighted by molar-refractivity contribution is 0.320. The van der Waals surface area contributed by atoms with Gasteiger partial charge < -0.3 is 14.5 Å². The minimum atomic E-state index is 0.0116. The molecule has 5 nitrogen and oxygen atoms in total. The molecule has 170 valence electrons. The molecule has 3 heterocycles. The highest BCUT2D eigenvalue weighted by Crippen LogP contribution is 2.34. The van der Waals surface area contributed by atoms with Crippen molar-refractivity contribution in [3.8, 4) is 0 Å². The Balaban J connectivity index is 1.31. The van der Waals surface area contributed by atoms with E-state index in [2.05, 4.69) is 65.6 Å². The van der Waals surface area contributed by atoms with Gasteiger partial charge in [-0.1, -0.05) is 84.9 Å². The van der Waals surface area contributed by atoms with Crippen LogP contribution in [-0.4, -0.2) is 30.0 Å². The summed E-state index contributed by atoms with van der Waals surface area (Å²) in [5.41, 5.74) is 6.30. The number of aliphatic imine (C=N–C) groups is 2. The summed E-state index contributed by atoms with van der Waals surface area (Å²) in [5, 5.41) is 2.26. The van der Waals surface area contributed by atoms with Gasteiger partial charge >= 0.3 is 0 Å². The first-order chi connectivity index (χ1) is 17.3. The summed E-state index contributed by atoms with van der Waals surface area (Å²) < 4.78 is 12.2. The Hall–Kier alpha value is -4.38. The van der Waals surface area contributed by atoms with E-state index in [1.165, 1.54) is 0 Å². The Bertz CT molecular complexity index is 1480. The average Bonchev–Trinajstić information content (AvgIpc) is 3.68. The van der Waals surface area contributed by atoms with Crippen LogP contribution in [0.5, 0.6) is 0 Å². The molecule has 0 radical (unpaired) electrons. The number of benzene rings is 4. The predicted octanol–water partition coefficient (Wildman–Crippen LogP) is 6.36. The molecule has 5 aromatic rings. The molecule has 4 aromatic carbocycles. The largest absolute Gasteiger partial charge is 0.475 e. The zero-order valence-corrected chi connectivity index (χ0v) is 19.0. The van der Waals surface area contributed by atoms with E-state index in [9.17, 15) is 0 Å². The lowest BCUT2D eigenvalue weighted by atomic mass is 10.1. The lowest BCUT2D eigenvalue weighted by Crippen LogP contribution is -2.03. The Labute approximate surface area is 202 Å². The van der Waals surface area contributed by atoms with E-state index in [0.29, 0.717) is 25.0 Å². The molecule has 0 fully saturated rings. The van der Waals surface area contributed by atoms with Gasteiger partial charge in [0.25, 0.3) is 0 Å². The first-order valence-corrected chi connectivity index (χ1v) is 11.9. The van der Waals surface area contributed by atoms with Crippen LogP contribution in [0.1, 0.15) is 34.3 Å². The third-order valence-electron chi connectivity index (χ3n) is 6.80. The fourth-order valence-electron chi connectivity index (χ4n) is 5.04. The number of H-pyrrole nitrogens is 1. The molecule has 2 aliphatic heterocycles. The zero-order valence-electron chi connectivity index (χ0n) is 19.0. The van der Waals surface area contributed by atoms with Crippen molar-refractivity contribution in [3.63, 3.8) is 0 Å². The van der Waals surface area contributed by atoms with Gasteiger partial charge in [-0.2, -0.15) is 0 Å². The molecule has 0 bridgehead atoms. The van der Waals surface area contributed by atoms with Crippen molar-refractivity contribution in [2.75, 3.05) is 13.2 Å². The van der Waals surface area contributed by atoms with Gasteiger partial charge in [-0.25, -0.2) is 9.98 Å². The summed E-state index contributed by atoms with van der Waals surface area (Å²) in [5.74, 6) is 1.35. The summed E-state index contributed by atoms with van der Waals surface area (Å²) in [6.45, 7) is 1.10. The Morgan fingerprint density at radius 3 is 1.46 bits per heavy atom. The van der Waals surface area contributed by atoms with Crippen LogP contribution in [0.25, 0.3) is 21.8 Å². The maximum absolute atomic E-state index is 6.08. The van der Waals surface area contributed by atoms with Gasteiger partial charge in [0.15, 0.2) is 0 Å². The molecular weight excluding hydrogens is 434 g/mol. The molecule has 0 saturated carbocycles. The van der Waals surface area contributed by atoms with Crippen LogP contribution < -0.4 is 0 Å². The molecule has 2 atom stereocenters. The van der Waals surface area contributed by atoms with Gasteiger partial charge in [-0.05, 0) is 23.3 Å². The van der Waals surface area contributed by atoms with Gasteiger partial charge in [0.05, 0.1) is 22.2 Å². The maximum atomic E-state index is 6.08. The fourth-order valence-corrected chi connectivity index (χ4v) is 5.04. The Morgan fingerprint density at radius 2 is 1.00 bits per heavy atom. The molecule has 0 aliphatic carbocycles. The minimum Gasteiger partial charge on any atom is -0.475 e. The summed E-state index contributed by atoms with van der Waals surface area (Å²) in [4.78, 5) is 13.5. The normalized spacial score (nSPS) is 19.4.